The van der Waals surface area contributed by atoms with Crippen molar-refractivity contribution >= 4 is 11.7 Å². The zero-order chi connectivity index (χ0) is 36.5. The van der Waals surface area contributed by atoms with Crippen molar-refractivity contribution in [2.24, 2.45) is 34.1 Å². The molecular formula is C43H63NO7. The first-order valence-electron chi connectivity index (χ1n) is 20.0. The minimum Gasteiger partial charge on any atom is -0.450 e. The fourth-order valence-electron chi connectivity index (χ4n) is 10.8. The van der Waals surface area contributed by atoms with Crippen LogP contribution < -0.4 is 0 Å². The number of cyclic esters (lactones) is 1. The molecule has 6 aliphatic heterocycles. The minimum atomic E-state index is -1.12. The van der Waals surface area contributed by atoms with Gasteiger partial charge in [0.25, 0.3) is 0 Å². The van der Waals surface area contributed by atoms with Gasteiger partial charge in [-0.25, -0.2) is 4.79 Å². The summed E-state index contributed by atoms with van der Waals surface area (Å²) in [6.07, 6.45) is 13.1. The van der Waals surface area contributed by atoms with Crippen molar-refractivity contribution in [3.05, 3.63) is 46.6 Å². The molecule has 4 bridgehead atoms. The third-order valence-corrected chi connectivity index (χ3v) is 14.3. The molecule has 9 unspecified atom stereocenters. The van der Waals surface area contributed by atoms with Crippen LogP contribution in [-0.4, -0.2) is 70.0 Å². The number of rotatable bonds is 1. The molecule has 51 heavy (non-hydrogen) atoms. The number of nitrogens with zero attached hydrogens (tertiary/aromatic N) is 1. The molecule has 3 spiro atoms. The number of carbonyl (C=O) groups excluding carboxylic acids is 1. The van der Waals surface area contributed by atoms with Gasteiger partial charge in [0.05, 0.1) is 18.3 Å². The van der Waals surface area contributed by atoms with E-state index in [1.165, 1.54) is 22.4 Å². The van der Waals surface area contributed by atoms with E-state index < -0.39 is 23.3 Å². The van der Waals surface area contributed by atoms with Gasteiger partial charge < -0.3 is 29.2 Å². The number of aliphatic imine (C=N–C) groups is 1. The number of aliphatic hydroxyl groups is 2. The predicted molar refractivity (Wildman–Crippen MR) is 198 cm³/mol. The van der Waals surface area contributed by atoms with E-state index in [1.54, 1.807) is 0 Å². The number of carbonyl (C=O) groups is 1. The molecule has 6 heterocycles. The molecule has 0 saturated carbocycles. The molecule has 7 aliphatic rings. The fourth-order valence-corrected chi connectivity index (χ4v) is 10.8. The molecule has 0 radical (unpaired) electrons. The molecule has 3 fully saturated rings. The summed E-state index contributed by atoms with van der Waals surface area (Å²) in [6, 6.07) is 0. The second-order valence-electron chi connectivity index (χ2n) is 18.1. The summed E-state index contributed by atoms with van der Waals surface area (Å²) in [6.45, 7) is 20.2. The maximum Gasteiger partial charge on any atom is 0.334 e. The Hall–Kier alpha value is -2.10. The smallest absolute Gasteiger partial charge is 0.334 e. The van der Waals surface area contributed by atoms with E-state index in [2.05, 4.69) is 47.3 Å². The number of hydrogen-bond acceptors (Lipinski definition) is 8. The third-order valence-electron chi connectivity index (χ3n) is 14.3. The summed E-state index contributed by atoms with van der Waals surface area (Å²) in [4.78, 5) is 18.0. The van der Waals surface area contributed by atoms with E-state index in [1.807, 2.05) is 19.9 Å². The van der Waals surface area contributed by atoms with Gasteiger partial charge in [0, 0.05) is 54.8 Å². The Morgan fingerprint density at radius 1 is 0.941 bits per heavy atom. The van der Waals surface area contributed by atoms with E-state index in [0.717, 1.165) is 63.5 Å². The van der Waals surface area contributed by atoms with Crippen LogP contribution >= 0.6 is 0 Å². The van der Waals surface area contributed by atoms with E-state index in [0.29, 0.717) is 49.5 Å². The molecule has 282 valence electrons. The number of fused-ring (bicyclic) bond motifs is 2. The number of hydrogen-bond donors (Lipinski definition) is 2. The summed E-state index contributed by atoms with van der Waals surface area (Å²) in [5, 5.41) is 23.6. The molecule has 2 N–H and O–H groups in total. The molecule has 0 aromatic rings. The van der Waals surface area contributed by atoms with E-state index in [9.17, 15) is 15.0 Å². The Bertz CT molecular complexity index is 1540. The van der Waals surface area contributed by atoms with E-state index in [-0.39, 0.29) is 41.5 Å². The topological polar surface area (TPSA) is 107 Å². The van der Waals surface area contributed by atoms with Crippen LogP contribution in [0.25, 0.3) is 0 Å². The summed E-state index contributed by atoms with van der Waals surface area (Å²) >= 11 is 0. The van der Waals surface area contributed by atoms with Crippen molar-refractivity contribution in [3.8, 4) is 0 Å². The van der Waals surface area contributed by atoms with Crippen molar-refractivity contribution in [1.29, 1.82) is 0 Å². The van der Waals surface area contributed by atoms with Crippen molar-refractivity contribution in [2.45, 2.75) is 174 Å². The highest BCUT2D eigenvalue weighted by Gasteiger charge is 2.64. The molecule has 7 rings (SSSR count). The average molecular weight is 706 g/mol. The van der Waals surface area contributed by atoms with Crippen molar-refractivity contribution in [1.82, 2.24) is 0 Å². The molecule has 8 nitrogen and oxygen atoms in total. The highest BCUT2D eigenvalue weighted by Crippen LogP contribution is 2.57. The van der Waals surface area contributed by atoms with Crippen LogP contribution in [0.4, 0.5) is 0 Å². The van der Waals surface area contributed by atoms with Crippen LogP contribution in [0.15, 0.2) is 51.6 Å². The highest BCUT2D eigenvalue weighted by atomic mass is 16.8. The first kappa shape index (κ1) is 37.2. The van der Waals surface area contributed by atoms with Crippen LogP contribution in [0.2, 0.25) is 0 Å². The van der Waals surface area contributed by atoms with Crippen LogP contribution in [0.1, 0.15) is 132 Å². The molecule has 1 aliphatic carbocycles. The fraction of sp³-hybridized carbons (Fsp3) is 0.767. The summed E-state index contributed by atoms with van der Waals surface area (Å²) < 4.78 is 26.3. The lowest BCUT2D eigenvalue weighted by Crippen LogP contribution is -2.60. The van der Waals surface area contributed by atoms with Gasteiger partial charge in [-0.15, -0.1) is 0 Å². The van der Waals surface area contributed by atoms with Crippen molar-refractivity contribution in [2.75, 3.05) is 6.54 Å². The Labute approximate surface area is 305 Å². The van der Waals surface area contributed by atoms with Gasteiger partial charge in [-0.1, -0.05) is 44.6 Å². The second kappa shape index (κ2) is 13.6. The van der Waals surface area contributed by atoms with E-state index >= 15 is 0 Å². The monoisotopic (exact) mass is 705 g/mol. The number of esters is 1. The zero-order valence-electron chi connectivity index (χ0n) is 32.3. The average Bonchev–Trinajstić information content (AvgIpc) is 3.67. The lowest BCUT2D eigenvalue weighted by atomic mass is 9.56. The van der Waals surface area contributed by atoms with Crippen LogP contribution in [0, 0.1) is 29.1 Å². The first-order valence-corrected chi connectivity index (χ1v) is 20.0. The second-order valence-corrected chi connectivity index (χ2v) is 18.1. The van der Waals surface area contributed by atoms with Gasteiger partial charge >= 0.3 is 5.97 Å². The summed E-state index contributed by atoms with van der Waals surface area (Å²) in [5.41, 5.74) is 5.19. The summed E-state index contributed by atoms with van der Waals surface area (Å²) in [7, 11) is 0. The molecule has 3 saturated heterocycles. The van der Waals surface area contributed by atoms with Gasteiger partial charge in [0.2, 0.25) is 5.79 Å². The van der Waals surface area contributed by atoms with Crippen molar-refractivity contribution < 1.29 is 34.0 Å². The van der Waals surface area contributed by atoms with Gasteiger partial charge in [-0.2, -0.15) is 0 Å². The lowest BCUT2D eigenvalue weighted by molar-refractivity contribution is -0.387. The quantitative estimate of drug-likeness (QED) is 0.210. The maximum atomic E-state index is 12.5. The Balaban J connectivity index is 1.28. The number of aliphatic hydroxyl groups excluding tert-OH is 1. The first-order chi connectivity index (χ1) is 24.1. The molecule has 0 amide bonds. The number of allylic oxidation sites excluding steroid dienone is 2. The highest BCUT2D eigenvalue weighted by molar-refractivity contribution is 5.92. The largest absolute Gasteiger partial charge is 0.450 e. The van der Waals surface area contributed by atoms with Crippen LogP contribution in [-0.2, 0) is 23.7 Å². The molecular weight excluding hydrogens is 642 g/mol. The van der Waals surface area contributed by atoms with Gasteiger partial charge in [-0.3, -0.25) is 4.99 Å². The minimum absolute atomic E-state index is 0.0156. The molecule has 12 atom stereocenters. The van der Waals surface area contributed by atoms with Crippen molar-refractivity contribution in [3.63, 3.8) is 0 Å². The zero-order valence-corrected chi connectivity index (χ0v) is 32.3. The van der Waals surface area contributed by atoms with E-state index in [4.69, 9.17) is 23.9 Å². The Morgan fingerprint density at radius 2 is 1.73 bits per heavy atom. The third kappa shape index (κ3) is 6.68. The SMILES string of the molecule is C=C1CCCC2=NC[C@H](C)[C@H](C)CC23CCC(C2C=C(C)C(=O)O2)=C(C)C3/C=C(/C)C(O)CC2OC3(CCC4(OC(CCC4(C)O)C1)O3)C[C@H]2C. The van der Waals surface area contributed by atoms with Gasteiger partial charge in [0.15, 0.2) is 5.79 Å². The molecule has 0 aromatic carbocycles. The van der Waals surface area contributed by atoms with Crippen LogP contribution in [0.3, 0.4) is 0 Å². The van der Waals surface area contributed by atoms with Gasteiger partial charge in [-0.05, 0) is 120 Å². The Kier molecular flexibility index (Phi) is 9.95. The normalized spacial score (nSPS) is 47.8. The Morgan fingerprint density at radius 3 is 2.47 bits per heavy atom. The lowest BCUT2D eigenvalue weighted by Gasteiger charge is -2.49. The van der Waals surface area contributed by atoms with Crippen LogP contribution in [0.5, 0.6) is 0 Å². The molecule has 8 heteroatoms. The molecule has 0 aromatic heterocycles. The standard InChI is InChI=1S/C43H63NO7/c1-25-10-9-11-38-41(22-28(4)30(6)24-44-38)15-13-33(37-20-27(3)39(46)48-37)31(7)34(41)19-26(2)35(45)21-36-29(5)23-42(50-36)16-17-43(51-42)40(8,47)14-12-32(18-25)49-43/h19-20,28-30,32,34-37,45,47H,1,9-18,21-24H2,2-8H3/b26-19-/t28-,29-,30+,32?,34?,35?,36?,37?,40?,41?,42?,43?/m1/s1. The summed E-state index contributed by atoms with van der Waals surface area (Å²) in [5.74, 6) is -1.04. The number of ether oxygens (including phenoxy) is 4. The maximum absolute atomic E-state index is 12.5. The van der Waals surface area contributed by atoms with Gasteiger partial charge in [0.1, 0.15) is 11.7 Å². The predicted octanol–water partition coefficient (Wildman–Crippen LogP) is 8.07.